The highest BCUT2D eigenvalue weighted by atomic mass is 16.6. The number of cyclic esters (lactones) is 4. The van der Waals surface area contributed by atoms with Crippen LogP contribution in [0.1, 0.15) is 86.5 Å². The van der Waals surface area contributed by atoms with Crippen LogP contribution in [0.3, 0.4) is 0 Å². The summed E-state index contributed by atoms with van der Waals surface area (Å²) in [6, 6.07) is 0. The molecule has 2 aliphatic heterocycles. The molecule has 344 valence electrons. The van der Waals surface area contributed by atoms with Crippen molar-refractivity contribution in [2.75, 3.05) is 0 Å². The summed E-state index contributed by atoms with van der Waals surface area (Å²) in [4.78, 5) is 124. The Hall–Kier alpha value is -5.15. The van der Waals surface area contributed by atoms with E-state index >= 15 is 4.79 Å². The van der Waals surface area contributed by atoms with Gasteiger partial charge in [0.2, 0.25) is 0 Å². The molecule has 2 heterocycles. The second kappa shape index (κ2) is 21.8. The fourth-order valence-electron chi connectivity index (χ4n) is 7.58. The molecule has 62 heavy (non-hydrogen) atoms. The number of carbonyl (C=O) groups is 9. The molecule has 1 aliphatic carbocycles. The van der Waals surface area contributed by atoms with Crippen LogP contribution in [0.2, 0.25) is 0 Å². The molecular weight excluding hydrogens is 824 g/mol. The zero-order valence-electron chi connectivity index (χ0n) is 35.2. The lowest BCUT2D eigenvalue weighted by atomic mass is 9.63. The number of hydrogen-bond acceptors (Lipinski definition) is 19. The molecule has 1 saturated carbocycles. The normalized spacial score (nSPS) is 33.7. The lowest BCUT2D eigenvalue weighted by Gasteiger charge is -2.37. The number of ketones is 3. The Labute approximate surface area is 356 Å². The number of aliphatic hydroxyl groups is 5. The first-order valence-corrected chi connectivity index (χ1v) is 20.2. The van der Waals surface area contributed by atoms with E-state index in [4.69, 9.17) is 23.7 Å². The molecule has 0 spiro atoms. The molecule has 0 amide bonds. The quantitative estimate of drug-likeness (QED) is 0.0683. The summed E-state index contributed by atoms with van der Waals surface area (Å²) in [5, 5.41) is 64.4. The van der Waals surface area contributed by atoms with E-state index in [-0.39, 0.29) is 12.8 Å². The Morgan fingerprint density at radius 1 is 0.839 bits per heavy atom. The average Bonchev–Trinajstić information content (AvgIpc) is 3.40. The first-order valence-electron chi connectivity index (χ1n) is 20.2. The van der Waals surface area contributed by atoms with Crippen molar-refractivity contribution in [2.45, 2.75) is 147 Å². The zero-order valence-corrected chi connectivity index (χ0v) is 35.2. The topological polar surface area (TPSA) is 321 Å². The van der Waals surface area contributed by atoms with E-state index in [1.165, 1.54) is 27.7 Å². The highest BCUT2D eigenvalue weighted by Gasteiger charge is 2.78. The second-order valence-corrected chi connectivity index (χ2v) is 16.1. The van der Waals surface area contributed by atoms with Crippen LogP contribution in [0, 0.1) is 23.2 Å². The molecule has 0 aromatic carbocycles. The summed E-state index contributed by atoms with van der Waals surface area (Å²) < 4.78 is 26.8. The largest absolute Gasteiger partial charge is 0.481 e. The predicted molar refractivity (Wildman–Crippen MR) is 208 cm³/mol. The van der Waals surface area contributed by atoms with E-state index in [1.807, 2.05) is 0 Å². The zero-order chi connectivity index (χ0) is 46.9. The van der Waals surface area contributed by atoms with Gasteiger partial charge in [0, 0.05) is 37.5 Å². The number of Topliss-reactive ketones (excluding diaryl/α,β-unsaturated/α-hetero) is 3. The van der Waals surface area contributed by atoms with Gasteiger partial charge < -0.3 is 54.3 Å². The number of aliphatic hydroxyl groups excluding tert-OH is 4. The Bertz CT molecular complexity index is 1820. The van der Waals surface area contributed by atoms with E-state index in [2.05, 4.69) is 0 Å². The van der Waals surface area contributed by atoms with Gasteiger partial charge in [-0.3, -0.25) is 28.8 Å². The van der Waals surface area contributed by atoms with E-state index in [1.54, 1.807) is 0 Å². The van der Waals surface area contributed by atoms with Gasteiger partial charge in [-0.05, 0) is 85.5 Å². The van der Waals surface area contributed by atoms with Crippen LogP contribution in [0.15, 0.2) is 36.5 Å². The van der Waals surface area contributed by atoms with Crippen molar-refractivity contribution in [2.24, 2.45) is 23.2 Å². The summed E-state index contributed by atoms with van der Waals surface area (Å²) in [6.45, 7) is 7.60. The number of esters is 5. The lowest BCUT2D eigenvalue weighted by molar-refractivity contribution is -0.188. The number of rotatable bonds is 11. The minimum atomic E-state index is -3.47. The summed E-state index contributed by atoms with van der Waals surface area (Å²) in [5.41, 5.74) is -6.62. The summed E-state index contributed by atoms with van der Waals surface area (Å²) >= 11 is 0. The summed E-state index contributed by atoms with van der Waals surface area (Å²) in [5.74, 6) is -19.8. The van der Waals surface area contributed by atoms with Gasteiger partial charge in [0.1, 0.15) is 41.6 Å². The van der Waals surface area contributed by atoms with Crippen LogP contribution in [0.25, 0.3) is 0 Å². The van der Waals surface area contributed by atoms with Crippen LogP contribution in [-0.4, -0.2) is 144 Å². The third kappa shape index (κ3) is 12.3. The molecular formula is C42H56O20. The van der Waals surface area contributed by atoms with E-state index in [9.17, 15) is 69.0 Å². The Morgan fingerprint density at radius 2 is 1.39 bits per heavy atom. The fourth-order valence-corrected chi connectivity index (χ4v) is 7.58. The molecule has 2 bridgehead atoms. The molecule has 0 aromatic rings. The molecule has 0 radical (unpaired) electrons. The van der Waals surface area contributed by atoms with Gasteiger partial charge in [-0.25, -0.2) is 14.4 Å². The first kappa shape index (κ1) is 51.2. The molecule has 14 atom stereocenters. The molecule has 1 fully saturated rings. The number of fused-ring (bicyclic) bond motifs is 5. The smallest absolute Gasteiger partial charge is 0.330 e. The minimum Gasteiger partial charge on any atom is -0.481 e. The van der Waals surface area contributed by atoms with Gasteiger partial charge in [0.15, 0.2) is 11.2 Å². The number of carboxylic acid groups (broad SMARTS) is 1. The van der Waals surface area contributed by atoms with Crippen LogP contribution in [0.5, 0.6) is 0 Å². The van der Waals surface area contributed by atoms with Crippen molar-refractivity contribution in [1.29, 1.82) is 0 Å². The molecule has 20 nitrogen and oxygen atoms in total. The Balaban J connectivity index is 2.29. The maximum Gasteiger partial charge on any atom is 0.330 e. The van der Waals surface area contributed by atoms with E-state index in [0.29, 0.717) is 0 Å². The van der Waals surface area contributed by atoms with Crippen LogP contribution in [0.4, 0.5) is 0 Å². The standard InChI is InChI=1S/C42H56O20/c1-20(58-32(49)14-11-28(45)23(4)43)7-9-26(44)19-27(37(52)53)42-36-35(31(48)10-8-21(2)59-33(50)15-12-29(46)24(5)61-38(36)54)41(57,39(42)55)18-17-22(3)60-34(51)16-13-30(47)25(6)62-40(42)56/h11-16,20-25,27-30,35-36,43,45-47,57H,7-10,17-19H2,1-6H3,(H,52,53). The van der Waals surface area contributed by atoms with Crippen molar-refractivity contribution < 1.29 is 97.5 Å². The highest BCUT2D eigenvalue weighted by molar-refractivity contribution is 6.19. The third-order valence-electron chi connectivity index (χ3n) is 11.2. The minimum absolute atomic E-state index is 0.260. The number of carboxylic acids is 1. The molecule has 6 N–H and O–H groups in total. The molecule has 3 aliphatic rings. The van der Waals surface area contributed by atoms with Crippen LogP contribution >= 0.6 is 0 Å². The average molecular weight is 881 g/mol. The SMILES string of the molecule is CC(CCC(=O)CC(C(=O)O)C12C(=O)OC(C)C(O)C=CC(=O)OC(C)CCC(O)(C1=O)C1C(=O)CCC(C)OC(=O)C=CC(O)C(C)OC(=O)C12)OC(=O)C=CC(O)C(C)O. The van der Waals surface area contributed by atoms with Crippen molar-refractivity contribution >= 4 is 53.2 Å². The van der Waals surface area contributed by atoms with Gasteiger partial charge in [-0.1, -0.05) is 0 Å². The molecule has 20 heteroatoms. The highest BCUT2D eigenvalue weighted by Crippen LogP contribution is 2.58. The summed E-state index contributed by atoms with van der Waals surface area (Å²) in [6.07, 6.45) is -11.8. The van der Waals surface area contributed by atoms with Crippen LogP contribution in [-0.2, 0) is 66.8 Å². The van der Waals surface area contributed by atoms with E-state index < -0.39 is 169 Å². The maximum absolute atomic E-state index is 15.3. The van der Waals surface area contributed by atoms with Crippen molar-refractivity contribution in [1.82, 2.24) is 0 Å². The van der Waals surface area contributed by atoms with E-state index in [0.717, 1.165) is 50.3 Å². The maximum atomic E-state index is 15.3. The molecule has 3 rings (SSSR count). The van der Waals surface area contributed by atoms with Gasteiger partial charge in [0.25, 0.3) is 0 Å². The van der Waals surface area contributed by atoms with Gasteiger partial charge in [-0.2, -0.15) is 0 Å². The van der Waals surface area contributed by atoms with Gasteiger partial charge in [0.05, 0.1) is 48.3 Å². The number of carbonyl (C=O) groups excluding carboxylic acids is 8. The number of ether oxygens (including phenoxy) is 5. The van der Waals surface area contributed by atoms with Gasteiger partial charge >= 0.3 is 35.8 Å². The third-order valence-corrected chi connectivity index (χ3v) is 11.2. The Kier molecular flexibility index (Phi) is 18.0. The van der Waals surface area contributed by atoms with Crippen molar-refractivity contribution in [3.05, 3.63) is 36.5 Å². The monoisotopic (exact) mass is 880 g/mol. The molecule has 14 unspecified atom stereocenters. The van der Waals surface area contributed by atoms with Crippen LogP contribution < -0.4 is 0 Å². The first-order chi connectivity index (χ1) is 28.9. The van der Waals surface area contributed by atoms with Crippen molar-refractivity contribution in [3.8, 4) is 0 Å². The molecule has 0 aromatic heterocycles. The molecule has 0 saturated heterocycles. The second-order valence-electron chi connectivity index (χ2n) is 16.1. The van der Waals surface area contributed by atoms with Gasteiger partial charge in [-0.15, -0.1) is 0 Å². The lowest BCUT2D eigenvalue weighted by Crippen LogP contribution is -2.57. The summed E-state index contributed by atoms with van der Waals surface area (Å²) in [7, 11) is 0. The van der Waals surface area contributed by atoms with Crippen molar-refractivity contribution in [3.63, 3.8) is 0 Å². The predicted octanol–water partition coefficient (Wildman–Crippen LogP) is -0.0935. The number of aliphatic carboxylic acids is 1. The number of hydrogen-bond donors (Lipinski definition) is 6. The fraction of sp³-hybridized carbons (Fsp3) is 0.643. The Morgan fingerprint density at radius 3 is 1.94 bits per heavy atom.